The molecule has 6 atom stereocenters. The van der Waals surface area contributed by atoms with E-state index in [2.05, 4.69) is 48.0 Å². The Kier molecular flexibility index (Phi) is 7.38. The number of imidazole rings is 1. The molecule has 1 saturated heterocycles. The zero-order valence-corrected chi connectivity index (χ0v) is 19.7. The predicted octanol–water partition coefficient (Wildman–Crippen LogP) is -1.28. The molecule has 180 valence electrons. The van der Waals surface area contributed by atoms with Crippen molar-refractivity contribution in [3.8, 4) is 0 Å². The predicted molar refractivity (Wildman–Crippen MR) is 112 cm³/mol. The minimum atomic E-state index is -5.49. The summed E-state index contributed by atoms with van der Waals surface area (Å²) in [5.74, 6) is -0.192. The summed E-state index contributed by atoms with van der Waals surface area (Å²) in [6, 6.07) is 0. The number of H-pyrrole nitrogens is 1. The van der Waals surface area contributed by atoms with Gasteiger partial charge in [-0.1, -0.05) is 0 Å². The fraction of sp³-hybridized carbons (Fsp3) is 0.500. The molecule has 2 unspecified atom stereocenters. The van der Waals surface area contributed by atoms with Gasteiger partial charge in [-0.15, -0.1) is 0 Å². The largest absolute Gasteiger partial charge is 0.488 e. The van der Waals surface area contributed by atoms with Gasteiger partial charge in [0.2, 0.25) is 5.95 Å². The molecule has 2 aromatic rings. The summed E-state index contributed by atoms with van der Waals surface area (Å²) in [6.07, 6.45) is -2.41. The smallest absolute Gasteiger partial charge is 0.389 e. The third kappa shape index (κ3) is 6.02. The van der Waals surface area contributed by atoms with Crippen molar-refractivity contribution in [3.05, 3.63) is 16.7 Å². The maximum atomic E-state index is 11.9. The zero-order valence-electron chi connectivity index (χ0n) is 15.3. The van der Waals surface area contributed by atoms with Crippen molar-refractivity contribution < 1.29 is 51.7 Å². The Hall–Kier alpha value is -0.750. The first kappa shape index (κ1) is 25.9. The third-order valence-electron chi connectivity index (χ3n) is 3.88. The lowest BCUT2D eigenvalue weighted by molar-refractivity contribution is -0.0397. The number of nitrogens with zero attached hydrogens (tertiary/aromatic N) is 3. The molecule has 17 nitrogen and oxygen atoms in total. The molecule has 0 aromatic carbocycles. The molecule has 1 aliphatic rings. The second-order valence-electron chi connectivity index (χ2n) is 6.21. The third-order valence-corrected chi connectivity index (χ3v) is 9.16. The number of nitrogen functional groups attached to an aromatic ring is 1. The maximum Gasteiger partial charge on any atom is 0.488 e. The number of ether oxygens (including phenoxy) is 1. The standard InChI is InChI=1S/C10H16N5O12P3S2/c11-10-13-7-4(8(17)14-10)12-2-15(7)9-6(31)5(16)3(25-9)1-24-30(23,32)27-29(21,22)26-28(18,19)20/h2-3,5-6,9,16,31H,1H2,(H,21,22)(H,23,32)(H2,18,19,20)(H3,11,13,14,17)/t3-,5-,6-,9-,30?/m1/s1. The molecule has 1 aliphatic heterocycles. The summed E-state index contributed by atoms with van der Waals surface area (Å²) < 4.78 is 41.6. The Balaban J connectivity index is 1.72. The van der Waals surface area contributed by atoms with E-state index in [0.29, 0.717) is 0 Å². The van der Waals surface area contributed by atoms with E-state index in [9.17, 15) is 28.8 Å². The Morgan fingerprint density at radius 1 is 1.31 bits per heavy atom. The van der Waals surface area contributed by atoms with Crippen LogP contribution in [0.2, 0.25) is 0 Å². The fourth-order valence-electron chi connectivity index (χ4n) is 2.70. The Morgan fingerprint density at radius 3 is 2.59 bits per heavy atom. The van der Waals surface area contributed by atoms with Gasteiger partial charge in [0.15, 0.2) is 17.4 Å². The molecule has 22 heteroatoms. The number of phosphoric acid groups is 2. The quantitative estimate of drug-likeness (QED) is 0.139. The number of aromatic nitrogens is 4. The van der Waals surface area contributed by atoms with Crippen molar-refractivity contribution in [2.75, 3.05) is 12.3 Å². The number of nitrogens with one attached hydrogen (secondary N) is 1. The van der Waals surface area contributed by atoms with Gasteiger partial charge in [0.25, 0.3) is 5.56 Å². The highest BCUT2D eigenvalue weighted by molar-refractivity contribution is 8.08. The Bertz CT molecular complexity index is 1220. The van der Waals surface area contributed by atoms with E-state index in [0.717, 1.165) is 0 Å². The molecule has 32 heavy (non-hydrogen) atoms. The Morgan fingerprint density at radius 2 is 1.97 bits per heavy atom. The molecule has 0 amide bonds. The van der Waals surface area contributed by atoms with Crippen LogP contribution in [-0.2, 0) is 38.8 Å². The molecule has 3 rings (SSSR count). The van der Waals surface area contributed by atoms with Crippen LogP contribution in [0.1, 0.15) is 6.23 Å². The number of hydrogen-bond acceptors (Lipinski definition) is 13. The molecule has 2 aromatic heterocycles. The number of nitrogens with two attached hydrogens (primary N) is 1. The van der Waals surface area contributed by atoms with Gasteiger partial charge in [0, 0.05) is 0 Å². The van der Waals surface area contributed by atoms with Gasteiger partial charge in [-0.2, -0.15) is 21.9 Å². The van der Waals surface area contributed by atoms with E-state index >= 15 is 0 Å². The van der Waals surface area contributed by atoms with Crippen LogP contribution in [0.25, 0.3) is 11.2 Å². The molecule has 8 N–H and O–H groups in total. The van der Waals surface area contributed by atoms with Crippen molar-refractivity contribution in [2.24, 2.45) is 0 Å². The van der Waals surface area contributed by atoms with Gasteiger partial charge in [-0.3, -0.25) is 14.3 Å². The average molecular weight is 555 g/mol. The van der Waals surface area contributed by atoms with Crippen molar-refractivity contribution in [3.63, 3.8) is 0 Å². The van der Waals surface area contributed by atoms with Crippen molar-refractivity contribution >= 4 is 63.9 Å². The second-order valence-corrected chi connectivity index (χ2v) is 12.6. The minimum Gasteiger partial charge on any atom is -0.389 e. The molecule has 0 bridgehead atoms. The number of hydrogen-bond donors (Lipinski definition) is 8. The lowest BCUT2D eigenvalue weighted by Gasteiger charge is -2.21. The highest BCUT2D eigenvalue weighted by Crippen LogP contribution is 2.66. The van der Waals surface area contributed by atoms with Gasteiger partial charge in [0.1, 0.15) is 6.10 Å². The number of aliphatic hydroxyl groups is 1. The minimum absolute atomic E-state index is 0.0375. The van der Waals surface area contributed by atoms with Crippen LogP contribution in [0, 0.1) is 0 Å². The summed E-state index contributed by atoms with van der Waals surface area (Å²) in [5, 5.41) is 9.46. The molecule has 0 spiro atoms. The number of aromatic amines is 1. The van der Waals surface area contributed by atoms with Gasteiger partial charge < -0.3 is 39.7 Å². The maximum absolute atomic E-state index is 11.9. The van der Waals surface area contributed by atoms with E-state index in [1.54, 1.807) is 0 Å². The number of anilines is 1. The molecule has 1 fully saturated rings. The highest BCUT2D eigenvalue weighted by Gasteiger charge is 2.45. The average Bonchev–Trinajstić information content (AvgIpc) is 3.12. The van der Waals surface area contributed by atoms with E-state index in [1.807, 2.05) is 0 Å². The second kappa shape index (κ2) is 9.13. The summed E-state index contributed by atoms with van der Waals surface area (Å²) in [7, 11) is -10.9. The van der Waals surface area contributed by atoms with Gasteiger partial charge in [0.05, 0.1) is 24.3 Å². The van der Waals surface area contributed by atoms with Crippen LogP contribution in [0.5, 0.6) is 0 Å². The zero-order chi connectivity index (χ0) is 24.1. The fourth-order valence-corrected chi connectivity index (χ4v) is 7.07. The molecule has 0 aliphatic carbocycles. The van der Waals surface area contributed by atoms with E-state index in [1.165, 1.54) is 10.9 Å². The van der Waals surface area contributed by atoms with E-state index in [-0.39, 0.29) is 17.1 Å². The van der Waals surface area contributed by atoms with Crippen LogP contribution in [-0.4, -0.2) is 68.3 Å². The SMILES string of the molecule is Nc1nc2c(ncn2[C@@H]2O[C@H](COP(O)(=S)OP(=O)(O)OP(=O)(O)O)[C@@H](O)[C@H]2S)c(=O)[nH]1. The highest BCUT2D eigenvalue weighted by atomic mass is 32.5. The van der Waals surface area contributed by atoms with E-state index < -0.39 is 58.2 Å². The first-order valence-electron chi connectivity index (χ1n) is 8.11. The lowest BCUT2D eigenvalue weighted by Crippen LogP contribution is -2.30. The van der Waals surface area contributed by atoms with Crippen molar-refractivity contribution in [1.82, 2.24) is 19.5 Å². The summed E-state index contributed by atoms with van der Waals surface area (Å²) in [6.45, 7) is -5.28. The molecular weight excluding hydrogens is 539 g/mol. The lowest BCUT2D eigenvalue weighted by atomic mass is 10.2. The molecule has 3 heterocycles. The summed E-state index contributed by atoms with van der Waals surface area (Å²) in [4.78, 5) is 58.4. The molecule has 0 saturated carbocycles. The number of fused-ring (bicyclic) bond motifs is 1. The van der Waals surface area contributed by atoms with Crippen LogP contribution in [0.4, 0.5) is 5.95 Å². The van der Waals surface area contributed by atoms with Crippen LogP contribution >= 0.6 is 35.0 Å². The number of aliphatic hydroxyl groups excluding tert-OH is 1. The monoisotopic (exact) mass is 555 g/mol. The Labute approximate surface area is 188 Å². The molecule has 0 radical (unpaired) electrons. The normalized spacial score (nSPS) is 27.9. The molecular formula is C10H16N5O12P3S2. The topological polar surface area (TPSA) is 262 Å². The summed E-state index contributed by atoms with van der Waals surface area (Å²) >= 11 is 8.77. The first-order valence-corrected chi connectivity index (χ1v) is 14.2. The number of rotatable bonds is 8. The van der Waals surface area contributed by atoms with Gasteiger partial charge in [-0.25, -0.2) is 18.4 Å². The van der Waals surface area contributed by atoms with Gasteiger partial charge >= 0.3 is 22.4 Å². The van der Waals surface area contributed by atoms with Crippen LogP contribution in [0.15, 0.2) is 11.1 Å². The van der Waals surface area contributed by atoms with Crippen molar-refractivity contribution in [1.29, 1.82) is 0 Å². The van der Waals surface area contributed by atoms with Gasteiger partial charge in [-0.05, 0) is 11.8 Å². The summed E-state index contributed by atoms with van der Waals surface area (Å²) in [5.41, 5.74) is 4.91. The van der Waals surface area contributed by atoms with Crippen LogP contribution in [0.3, 0.4) is 0 Å². The van der Waals surface area contributed by atoms with Crippen LogP contribution < -0.4 is 11.3 Å². The van der Waals surface area contributed by atoms with Crippen molar-refractivity contribution in [2.45, 2.75) is 23.7 Å². The first-order chi connectivity index (χ1) is 14.6. The van der Waals surface area contributed by atoms with E-state index in [4.69, 9.17) is 24.8 Å². The number of thiol groups is 1.